The quantitative estimate of drug-likeness (QED) is 0.711. The van der Waals surface area contributed by atoms with Crippen molar-refractivity contribution in [1.82, 2.24) is 10.2 Å². The Bertz CT molecular complexity index is 624. The molecule has 6 nitrogen and oxygen atoms in total. The Kier molecular flexibility index (Phi) is 2.72. The Hall–Kier alpha value is -2.09. The number of aromatic amines is 1. The molecule has 8 heteroatoms. The third-order valence-electron chi connectivity index (χ3n) is 2.02. The number of nitrogens with one attached hydrogen (secondary N) is 2. The van der Waals surface area contributed by atoms with Gasteiger partial charge in [-0.15, -0.1) is 0 Å². The smallest absolute Gasteiger partial charge is 0.278 e. The number of aromatic nitrogens is 2. The Morgan fingerprint density at radius 1 is 1.35 bits per heavy atom. The van der Waals surface area contributed by atoms with E-state index in [0.717, 1.165) is 12.1 Å². The SMILES string of the molecule is Nc1cc(F)ccc1NS(=O)(=O)c1ccn[nH]1. The van der Waals surface area contributed by atoms with Crippen LogP contribution in [0, 0.1) is 5.82 Å². The van der Waals surface area contributed by atoms with Crippen LogP contribution in [0.4, 0.5) is 15.8 Å². The van der Waals surface area contributed by atoms with E-state index in [2.05, 4.69) is 14.9 Å². The average Bonchev–Trinajstić information content (AvgIpc) is 2.76. The summed E-state index contributed by atoms with van der Waals surface area (Å²) in [6.45, 7) is 0. The molecule has 4 N–H and O–H groups in total. The van der Waals surface area contributed by atoms with Gasteiger partial charge in [0.05, 0.1) is 17.6 Å². The number of H-pyrrole nitrogens is 1. The summed E-state index contributed by atoms with van der Waals surface area (Å²) >= 11 is 0. The number of hydrogen-bond donors (Lipinski definition) is 3. The van der Waals surface area contributed by atoms with Gasteiger partial charge in [0, 0.05) is 0 Å². The van der Waals surface area contributed by atoms with Crippen LogP contribution in [0.25, 0.3) is 0 Å². The molecule has 0 amide bonds. The van der Waals surface area contributed by atoms with Gasteiger partial charge in [0.15, 0.2) is 5.03 Å². The molecule has 17 heavy (non-hydrogen) atoms. The van der Waals surface area contributed by atoms with E-state index in [1.54, 1.807) is 0 Å². The van der Waals surface area contributed by atoms with Crippen molar-refractivity contribution in [2.45, 2.75) is 5.03 Å². The van der Waals surface area contributed by atoms with E-state index < -0.39 is 15.8 Å². The molecule has 1 heterocycles. The molecule has 0 aliphatic rings. The number of nitrogens with two attached hydrogens (primary N) is 1. The zero-order valence-electron chi connectivity index (χ0n) is 8.51. The van der Waals surface area contributed by atoms with Crippen molar-refractivity contribution in [3.63, 3.8) is 0 Å². The van der Waals surface area contributed by atoms with Gasteiger partial charge in [0.25, 0.3) is 10.0 Å². The lowest BCUT2D eigenvalue weighted by Gasteiger charge is -2.08. The summed E-state index contributed by atoms with van der Waals surface area (Å²) in [6, 6.07) is 4.69. The first kappa shape index (κ1) is 11.4. The molecule has 0 saturated carbocycles. The molecule has 0 aliphatic heterocycles. The van der Waals surface area contributed by atoms with Crippen molar-refractivity contribution >= 4 is 21.4 Å². The molecule has 1 aromatic heterocycles. The highest BCUT2D eigenvalue weighted by molar-refractivity contribution is 7.92. The minimum absolute atomic E-state index is 0.00749. The van der Waals surface area contributed by atoms with Crippen molar-refractivity contribution < 1.29 is 12.8 Å². The summed E-state index contributed by atoms with van der Waals surface area (Å²) in [5, 5.41) is 5.75. The van der Waals surface area contributed by atoms with Crippen LogP contribution in [-0.2, 0) is 10.0 Å². The first-order valence-electron chi connectivity index (χ1n) is 4.56. The number of benzene rings is 1. The van der Waals surface area contributed by atoms with E-state index in [1.807, 2.05) is 0 Å². The standard InChI is InChI=1S/C9H9FN4O2S/c10-6-1-2-8(7(11)5-6)14-17(15,16)9-3-4-12-13-9/h1-5,14H,11H2,(H,12,13). The van der Waals surface area contributed by atoms with Gasteiger partial charge in [0.2, 0.25) is 0 Å². The maximum Gasteiger partial charge on any atom is 0.278 e. The fourth-order valence-electron chi connectivity index (χ4n) is 1.22. The van der Waals surface area contributed by atoms with Crippen molar-refractivity contribution in [1.29, 1.82) is 0 Å². The van der Waals surface area contributed by atoms with Gasteiger partial charge in [-0.25, -0.2) is 4.39 Å². The average molecular weight is 256 g/mol. The van der Waals surface area contributed by atoms with Crippen molar-refractivity contribution in [3.05, 3.63) is 36.3 Å². The molecule has 0 saturated heterocycles. The van der Waals surface area contributed by atoms with Crippen LogP contribution in [0.2, 0.25) is 0 Å². The molecule has 0 spiro atoms. The predicted octanol–water partition coefficient (Wildman–Crippen LogP) is 0.932. The molecular weight excluding hydrogens is 247 g/mol. The summed E-state index contributed by atoms with van der Waals surface area (Å²) in [6.07, 6.45) is 1.31. The third-order valence-corrected chi connectivity index (χ3v) is 3.32. The van der Waals surface area contributed by atoms with E-state index >= 15 is 0 Å². The minimum atomic E-state index is -3.78. The second kappa shape index (κ2) is 4.06. The first-order chi connectivity index (χ1) is 7.99. The van der Waals surface area contributed by atoms with Crippen LogP contribution in [0.3, 0.4) is 0 Å². The summed E-state index contributed by atoms with van der Waals surface area (Å²) in [5.74, 6) is -0.535. The maximum atomic E-state index is 12.8. The summed E-state index contributed by atoms with van der Waals surface area (Å²) in [5.41, 5.74) is 5.61. The van der Waals surface area contributed by atoms with Gasteiger partial charge in [-0.2, -0.15) is 13.5 Å². The molecule has 2 aromatic rings. The van der Waals surface area contributed by atoms with Crippen LogP contribution in [-0.4, -0.2) is 18.6 Å². The molecule has 0 fully saturated rings. The topological polar surface area (TPSA) is 101 Å². The van der Waals surface area contributed by atoms with Crippen LogP contribution in [0.1, 0.15) is 0 Å². The normalized spacial score (nSPS) is 11.4. The number of hydrogen-bond acceptors (Lipinski definition) is 4. The van der Waals surface area contributed by atoms with Gasteiger partial charge >= 0.3 is 0 Å². The Morgan fingerprint density at radius 3 is 2.71 bits per heavy atom. The highest BCUT2D eigenvalue weighted by atomic mass is 32.2. The lowest BCUT2D eigenvalue weighted by atomic mass is 10.3. The second-order valence-corrected chi connectivity index (χ2v) is 4.91. The van der Waals surface area contributed by atoms with Crippen LogP contribution >= 0.6 is 0 Å². The fourth-order valence-corrected chi connectivity index (χ4v) is 2.22. The lowest BCUT2D eigenvalue weighted by molar-refractivity contribution is 0.597. The van der Waals surface area contributed by atoms with Gasteiger partial charge in [-0.3, -0.25) is 9.82 Å². The van der Waals surface area contributed by atoms with Gasteiger partial charge in [0.1, 0.15) is 5.82 Å². The van der Waals surface area contributed by atoms with Crippen molar-refractivity contribution in [2.24, 2.45) is 0 Å². The Labute approximate surface area is 96.7 Å². The summed E-state index contributed by atoms with van der Waals surface area (Å²) in [7, 11) is -3.78. The van der Waals surface area contributed by atoms with Crippen LogP contribution in [0.5, 0.6) is 0 Å². The monoisotopic (exact) mass is 256 g/mol. The van der Waals surface area contributed by atoms with E-state index in [1.165, 1.54) is 18.3 Å². The molecule has 0 aliphatic carbocycles. The van der Waals surface area contributed by atoms with Gasteiger partial charge in [-0.05, 0) is 24.3 Å². The number of sulfonamides is 1. The first-order valence-corrected chi connectivity index (χ1v) is 6.04. The second-order valence-electron chi connectivity index (χ2n) is 3.26. The molecule has 0 bridgehead atoms. The molecule has 0 atom stereocenters. The minimum Gasteiger partial charge on any atom is -0.397 e. The number of anilines is 2. The van der Waals surface area contributed by atoms with Crippen molar-refractivity contribution in [3.8, 4) is 0 Å². The fraction of sp³-hybridized carbons (Fsp3) is 0. The molecule has 0 unspecified atom stereocenters. The third kappa shape index (κ3) is 2.36. The van der Waals surface area contributed by atoms with E-state index in [-0.39, 0.29) is 16.4 Å². The summed E-state index contributed by atoms with van der Waals surface area (Å²) in [4.78, 5) is 0. The molecule has 2 rings (SSSR count). The van der Waals surface area contributed by atoms with Crippen LogP contribution < -0.4 is 10.5 Å². The number of rotatable bonds is 3. The van der Waals surface area contributed by atoms with Gasteiger partial charge in [-0.1, -0.05) is 0 Å². The Morgan fingerprint density at radius 2 is 2.12 bits per heavy atom. The zero-order chi connectivity index (χ0) is 12.5. The molecule has 1 aromatic carbocycles. The number of halogens is 1. The highest BCUT2D eigenvalue weighted by Gasteiger charge is 2.16. The maximum absolute atomic E-state index is 12.8. The molecule has 0 radical (unpaired) electrons. The predicted molar refractivity (Wildman–Crippen MR) is 60.2 cm³/mol. The van der Waals surface area contributed by atoms with E-state index in [9.17, 15) is 12.8 Å². The van der Waals surface area contributed by atoms with Crippen LogP contribution in [0.15, 0.2) is 35.5 Å². The number of nitrogen functional groups attached to an aromatic ring is 1. The molecular formula is C9H9FN4O2S. The van der Waals surface area contributed by atoms with Crippen molar-refractivity contribution in [2.75, 3.05) is 10.5 Å². The zero-order valence-corrected chi connectivity index (χ0v) is 9.33. The summed E-state index contributed by atoms with van der Waals surface area (Å²) < 4.78 is 38.5. The lowest BCUT2D eigenvalue weighted by Crippen LogP contribution is -2.14. The van der Waals surface area contributed by atoms with Gasteiger partial charge < -0.3 is 5.73 Å². The van der Waals surface area contributed by atoms with E-state index in [4.69, 9.17) is 5.73 Å². The molecule has 90 valence electrons. The number of nitrogens with zero attached hydrogens (tertiary/aromatic N) is 1. The Balaban J connectivity index is 2.33. The largest absolute Gasteiger partial charge is 0.397 e. The van der Waals surface area contributed by atoms with E-state index in [0.29, 0.717) is 0 Å². The highest BCUT2D eigenvalue weighted by Crippen LogP contribution is 2.21.